The summed E-state index contributed by atoms with van der Waals surface area (Å²) < 4.78 is 11.1. The van der Waals surface area contributed by atoms with Crippen LogP contribution in [0.15, 0.2) is 29.3 Å². The normalized spacial score (nSPS) is 18.6. The van der Waals surface area contributed by atoms with E-state index in [0.29, 0.717) is 18.6 Å². The summed E-state index contributed by atoms with van der Waals surface area (Å²) in [6.45, 7) is 7.50. The highest BCUT2D eigenvalue weighted by atomic mass is 127. The van der Waals surface area contributed by atoms with Gasteiger partial charge in [0.25, 0.3) is 0 Å². The van der Waals surface area contributed by atoms with Crippen molar-refractivity contribution in [3.05, 3.63) is 29.8 Å². The van der Waals surface area contributed by atoms with Gasteiger partial charge in [0.1, 0.15) is 5.75 Å². The first-order valence-corrected chi connectivity index (χ1v) is 8.51. The Morgan fingerprint density at radius 1 is 1.38 bits per heavy atom. The molecule has 24 heavy (non-hydrogen) atoms. The van der Waals surface area contributed by atoms with Crippen LogP contribution >= 0.6 is 24.0 Å². The van der Waals surface area contributed by atoms with Gasteiger partial charge >= 0.3 is 0 Å². The van der Waals surface area contributed by atoms with E-state index in [1.54, 1.807) is 7.11 Å². The Balaban J connectivity index is 0.00000288. The second-order valence-corrected chi connectivity index (χ2v) is 5.88. The second-order valence-electron chi connectivity index (χ2n) is 5.88. The zero-order valence-electron chi connectivity index (χ0n) is 14.9. The van der Waals surface area contributed by atoms with Gasteiger partial charge in [-0.25, -0.2) is 0 Å². The number of nitrogens with zero attached hydrogens (tertiary/aromatic N) is 1. The molecule has 0 spiro atoms. The Morgan fingerprint density at radius 2 is 2.17 bits per heavy atom. The lowest BCUT2D eigenvalue weighted by Gasteiger charge is -2.17. The van der Waals surface area contributed by atoms with Crippen LogP contribution in [0, 0.1) is 0 Å². The van der Waals surface area contributed by atoms with Gasteiger partial charge in [-0.3, -0.25) is 4.99 Å². The molecule has 6 heteroatoms. The molecule has 2 rings (SSSR count). The van der Waals surface area contributed by atoms with Crippen LogP contribution in [-0.4, -0.2) is 45.4 Å². The number of rotatable bonds is 7. The van der Waals surface area contributed by atoms with Crippen molar-refractivity contribution in [2.24, 2.45) is 4.99 Å². The van der Waals surface area contributed by atoms with Gasteiger partial charge in [0, 0.05) is 32.2 Å². The maximum absolute atomic E-state index is 5.64. The highest BCUT2D eigenvalue weighted by molar-refractivity contribution is 14.0. The number of guanidine groups is 1. The molecule has 1 aromatic rings. The van der Waals surface area contributed by atoms with Crippen LogP contribution in [-0.2, 0) is 4.74 Å². The van der Waals surface area contributed by atoms with Crippen LogP contribution in [0.1, 0.15) is 38.2 Å². The molecule has 1 fully saturated rings. The summed E-state index contributed by atoms with van der Waals surface area (Å²) in [6.07, 6.45) is 2.60. The van der Waals surface area contributed by atoms with E-state index in [4.69, 9.17) is 14.5 Å². The third kappa shape index (κ3) is 6.47. The number of hydrogen-bond acceptors (Lipinski definition) is 3. The van der Waals surface area contributed by atoms with E-state index < -0.39 is 0 Å². The van der Waals surface area contributed by atoms with Crippen molar-refractivity contribution in [3.8, 4) is 5.75 Å². The molecular weight excluding hydrogens is 417 g/mol. The zero-order chi connectivity index (χ0) is 16.5. The molecule has 1 aliphatic rings. The summed E-state index contributed by atoms with van der Waals surface area (Å²) in [5.41, 5.74) is 1.19. The summed E-state index contributed by atoms with van der Waals surface area (Å²) >= 11 is 0. The molecule has 136 valence electrons. The van der Waals surface area contributed by atoms with Crippen LogP contribution in [0.3, 0.4) is 0 Å². The monoisotopic (exact) mass is 447 g/mol. The van der Waals surface area contributed by atoms with Crippen LogP contribution in [0.4, 0.5) is 0 Å². The van der Waals surface area contributed by atoms with E-state index in [9.17, 15) is 0 Å². The molecule has 1 saturated heterocycles. The smallest absolute Gasteiger partial charge is 0.191 e. The van der Waals surface area contributed by atoms with Gasteiger partial charge in [-0.1, -0.05) is 25.1 Å². The minimum atomic E-state index is 0. The van der Waals surface area contributed by atoms with Gasteiger partial charge < -0.3 is 20.1 Å². The number of para-hydroxylation sites is 1. The Kier molecular flexibility index (Phi) is 10.1. The van der Waals surface area contributed by atoms with Gasteiger partial charge in [0.15, 0.2) is 5.96 Å². The summed E-state index contributed by atoms with van der Waals surface area (Å²) in [5, 5.41) is 6.67. The first-order chi connectivity index (χ1) is 11.2. The number of ether oxygens (including phenoxy) is 2. The van der Waals surface area contributed by atoms with Crippen molar-refractivity contribution < 1.29 is 9.47 Å². The molecule has 5 nitrogen and oxygen atoms in total. The minimum Gasteiger partial charge on any atom is -0.496 e. The summed E-state index contributed by atoms with van der Waals surface area (Å²) in [5.74, 6) is 2.07. The van der Waals surface area contributed by atoms with Crippen LogP contribution in [0.25, 0.3) is 0 Å². The largest absolute Gasteiger partial charge is 0.496 e. The number of hydrogen-bond donors (Lipinski definition) is 2. The summed E-state index contributed by atoms with van der Waals surface area (Å²) in [4.78, 5) is 4.71. The van der Waals surface area contributed by atoms with E-state index in [-0.39, 0.29) is 24.0 Å². The molecule has 1 aliphatic heterocycles. The molecule has 0 aliphatic carbocycles. The molecule has 0 aromatic heterocycles. The number of aliphatic imine (C=N–C) groups is 1. The lowest BCUT2D eigenvalue weighted by molar-refractivity contribution is 0.114. The Labute approximate surface area is 162 Å². The van der Waals surface area contributed by atoms with E-state index in [1.165, 1.54) is 5.56 Å². The molecule has 2 N–H and O–H groups in total. The van der Waals surface area contributed by atoms with Gasteiger partial charge in [0.2, 0.25) is 0 Å². The fourth-order valence-electron chi connectivity index (χ4n) is 2.76. The fourth-order valence-corrected chi connectivity index (χ4v) is 2.76. The lowest BCUT2D eigenvalue weighted by Crippen LogP contribution is -2.41. The first kappa shape index (κ1) is 21.0. The standard InChI is InChI=1S/C18H29N3O2.HI/c1-4-19-18(21-13-15-8-7-11-23-15)20-12-14(2)16-9-5-6-10-17(16)22-3;/h5-6,9-10,14-15H,4,7-8,11-13H2,1-3H3,(H2,19,20,21);1H. The molecule has 1 aromatic carbocycles. The van der Waals surface area contributed by atoms with E-state index >= 15 is 0 Å². The Bertz CT molecular complexity index is 505. The molecular formula is C18H30IN3O2. The highest BCUT2D eigenvalue weighted by Crippen LogP contribution is 2.26. The fraction of sp³-hybridized carbons (Fsp3) is 0.611. The predicted molar refractivity (Wildman–Crippen MR) is 110 cm³/mol. The molecule has 2 atom stereocenters. The number of benzene rings is 1. The Morgan fingerprint density at radius 3 is 2.83 bits per heavy atom. The van der Waals surface area contributed by atoms with Gasteiger partial charge in [-0.05, 0) is 31.4 Å². The van der Waals surface area contributed by atoms with Crippen molar-refractivity contribution >= 4 is 29.9 Å². The van der Waals surface area contributed by atoms with Crippen molar-refractivity contribution in [1.29, 1.82) is 0 Å². The van der Waals surface area contributed by atoms with E-state index in [2.05, 4.69) is 30.5 Å². The Hall–Kier alpha value is -1.02. The first-order valence-electron chi connectivity index (χ1n) is 8.51. The van der Waals surface area contributed by atoms with Gasteiger partial charge in [-0.2, -0.15) is 0 Å². The molecule has 0 radical (unpaired) electrons. The average Bonchev–Trinajstić information content (AvgIpc) is 3.10. The SMILES string of the molecule is CCNC(=NCC(C)c1ccccc1OC)NCC1CCCO1.I. The van der Waals surface area contributed by atoms with Crippen molar-refractivity contribution in [2.45, 2.75) is 38.7 Å². The topological polar surface area (TPSA) is 54.9 Å². The number of halogens is 1. The lowest BCUT2D eigenvalue weighted by atomic mass is 10.0. The quantitative estimate of drug-likeness (QED) is 0.383. The molecule has 0 amide bonds. The molecule has 0 saturated carbocycles. The maximum Gasteiger partial charge on any atom is 0.191 e. The molecule has 0 bridgehead atoms. The van der Waals surface area contributed by atoms with Crippen molar-refractivity contribution in [2.75, 3.05) is 33.4 Å². The maximum atomic E-state index is 5.64. The van der Waals surface area contributed by atoms with Crippen molar-refractivity contribution in [3.63, 3.8) is 0 Å². The summed E-state index contributed by atoms with van der Waals surface area (Å²) in [7, 11) is 1.71. The third-order valence-corrected chi connectivity index (χ3v) is 4.06. The van der Waals surface area contributed by atoms with Crippen LogP contribution in [0.5, 0.6) is 5.75 Å². The number of nitrogens with one attached hydrogen (secondary N) is 2. The third-order valence-electron chi connectivity index (χ3n) is 4.06. The van der Waals surface area contributed by atoms with Gasteiger partial charge in [0.05, 0.1) is 13.2 Å². The molecule has 2 unspecified atom stereocenters. The molecule has 1 heterocycles. The van der Waals surface area contributed by atoms with Crippen LogP contribution in [0.2, 0.25) is 0 Å². The number of methoxy groups -OCH3 is 1. The van der Waals surface area contributed by atoms with Gasteiger partial charge in [-0.15, -0.1) is 24.0 Å². The van der Waals surface area contributed by atoms with Crippen molar-refractivity contribution in [1.82, 2.24) is 10.6 Å². The second kappa shape index (κ2) is 11.5. The van der Waals surface area contributed by atoms with Crippen LogP contribution < -0.4 is 15.4 Å². The zero-order valence-corrected chi connectivity index (χ0v) is 17.2. The van der Waals surface area contributed by atoms with E-state index in [1.807, 2.05) is 18.2 Å². The average molecular weight is 447 g/mol. The highest BCUT2D eigenvalue weighted by Gasteiger charge is 2.16. The minimum absolute atomic E-state index is 0. The summed E-state index contributed by atoms with van der Waals surface area (Å²) in [6, 6.07) is 8.13. The predicted octanol–water partition coefficient (Wildman–Crippen LogP) is 3.15. The van der Waals surface area contributed by atoms with E-state index in [0.717, 1.165) is 44.2 Å².